The molecular weight excluding hydrogens is 332 g/mol. The van der Waals surface area contributed by atoms with E-state index in [2.05, 4.69) is 11.1 Å². The Morgan fingerprint density at radius 2 is 1.77 bits per heavy atom. The van der Waals surface area contributed by atoms with Gasteiger partial charge in [-0.2, -0.15) is 0 Å². The number of guanidine groups is 1. The van der Waals surface area contributed by atoms with Gasteiger partial charge >= 0.3 is 6.09 Å². The summed E-state index contributed by atoms with van der Waals surface area (Å²) in [5, 5.41) is 0. The molecule has 1 aromatic rings. The lowest BCUT2D eigenvalue weighted by atomic mass is 10.1. The fourth-order valence-corrected chi connectivity index (χ4v) is 2.75. The third-order valence-electron chi connectivity index (χ3n) is 4.03. The van der Waals surface area contributed by atoms with Crippen molar-refractivity contribution in [2.75, 3.05) is 33.3 Å². The highest BCUT2D eigenvalue weighted by Gasteiger charge is 2.26. The Balaban J connectivity index is 1.89. The fourth-order valence-electron chi connectivity index (χ4n) is 2.75. The summed E-state index contributed by atoms with van der Waals surface area (Å²) in [6, 6.07) is 6.01. The number of rotatable bonds is 3. The monoisotopic (exact) mass is 362 g/mol. The lowest BCUT2D eigenvalue weighted by Crippen LogP contribution is -2.53. The van der Waals surface area contributed by atoms with Gasteiger partial charge in [0.05, 0.1) is 13.7 Å². The van der Waals surface area contributed by atoms with Crippen LogP contribution in [0.25, 0.3) is 0 Å². The third-order valence-corrected chi connectivity index (χ3v) is 4.03. The van der Waals surface area contributed by atoms with Crippen LogP contribution in [0, 0.1) is 6.92 Å². The number of amides is 1. The number of piperazine rings is 1. The van der Waals surface area contributed by atoms with Crippen LogP contribution in [0.3, 0.4) is 0 Å². The Morgan fingerprint density at radius 3 is 2.35 bits per heavy atom. The molecule has 1 aliphatic heterocycles. The highest BCUT2D eigenvalue weighted by molar-refractivity contribution is 5.78. The number of aryl methyl sites for hydroxylation is 1. The Bertz CT molecular complexity index is 659. The molecule has 2 rings (SSSR count). The van der Waals surface area contributed by atoms with Gasteiger partial charge in [0.25, 0.3) is 0 Å². The van der Waals surface area contributed by atoms with Gasteiger partial charge in [0.2, 0.25) is 0 Å². The quantitative estimate of drug-likeness (QED) is 0.659. The second-order valence-corrected chi connectivity index (χ2v) is 7.49. The van der Waals surface area contributed by atoms with Gasteiger partial charge in [0.15, 0.2) is 5.96 Å². The summed E-state index contributed by atoms with van der Waals surface area (Å²) in [4.78, 5) is 20.3. The SMILES string of the molecule is COc1cc(C)cc(CN=C(N)N2CCN(C(=O)OC(C)(C)C)CC2)c1. The minimum Gasteiger partial charge on any atom is -0.497 e. The lowest BCUT2D eigenvalue weighted by Gasteiger charge is -2.36. The number of aliphatic imine (C=N–C) groups is 1. The highest BCUT2D eigenvalue weighted by atomic mass is 16.6. The van der Waals surface area contributed by atoms with Gasteiger partial charge in [-0.05, 0) is 51.0 Å². The Labute approximate surface area is 155 Å². The van der Waals surface area contributed by atoms with Crippen LogP contribution in [0.2, 0.25) is 0 Å². The van der Waals surface area contributed by atoms with Gasteiger partial charge < -0.3 is 25.0 Å². The van der Waals surface area contributed by atoms with Crippen LogP contribution in [0.5, 0.6) is 5.75 Å². The number of nitrogens with two attached hydrogens (primary N) is 1. The molecule has 7 heteroatoms. The van der Waals surface area contributed by atoms with Crippen LogP contribution in [0.15, 0.2) is 23.2 Å². The van der Waals surface area contributed by atoms with Crippen LogP contribution in [0.4, 0.5) is 4.79 Å². The average molecular weight is 362 g/mol. The first-order valence-corrected chi connectivity index (χ1v) is 8.85. The van der Waals surface area contributed by atoms with E-state index in [4.69, 9.17) is 15.2 Å². The summed E-state index contributed by atoms with van der Waals surface area (Å²) in [5.41, 5.74) is 7.83. The summed E-state index contributed by atoms with van der Waals surface area (Å²) >= 11 is 0. The van der Waals surface area contributed by atoms with Crippen molar-refractivity contribution in [1.29, 1.82) is 0 Å². The van der Waals surface area contributed by atoms with E-state index in [0.717, 1.165) is 16.9 Å². The first kappa shape index (κ1) is 19.9. The zero-order valence-electron chi connectivity index (χ0n) is 16.4. The summed E-state index contributed by atoms with van der Waals surface area (Å²) in [7, 11) is 1.65. The Kier molecular flexibility index (Phi) is 6.34. The van der Waals surface area contributed by atoms with Crippen molar-refractivity contribution < 1.29 is 14.3 Å². The van der Waals surface area contributed by atoms with E-state index < -0.39 is 5.60 Å². The molecule has 1 amide bonds. The van der Waals surface area contributed by atoms with Gasteiger partial charge in [-0.15, -0.1) is 0 Å². The lowest BCUT2D eigenvalue weighted by molar-refractivity contribution is 0.0186. The molecule has 1 saturated heterocycles. The summed E-state index contributed by atoms with van der Waals surface area (Å²) in [6.45, 7) is 10.6. The predicted molar refractivity (Wildman–Crippen MR) is 102 cm³/mol. The molecule has 0 saturated carbocycles. The van der Waals surface area contributed by atoms with E-state index in [0.29, 0.717) is 38.7 Å². The van der Waals surface area contributed by atoms with E-state index in [1.54, 1.807) is 12.0 Å². The minimum absolute atomic E-state index is 0.278. The predicted octanol–water partition coefficient (Wildman–Crippen LogP) is 2.37. The van der Waals surface area contributed by atoms with E-state index in [1.807, 2.05) is 44.7 Å². The van der Waals surface area contributed by atoms with Gasteiger partial charge in [-0.1, -0.05) is 6.07 Å². The number of ether oxygens (including phenoxy) is 2. The topological polar surface area (TPSA) is 80.4 Å². The molecule has 144 valence electrons. The number of benzene rings is 1. The highest BCUT2D eigenvalue weighted by Crippen LogP contribution is 2.17. The normalized spacial score (nSPS) is 15.8. The summed E-state index contributed by atoms with van der Waals surface area (Å²) in [6.07, 6.45) is -0.278. The molecule has 1 fully saturated rings. The Hall–Kier alpha value is -2.44. The molecule has 1 heterocycles. The fraction of sp³-hybridized carbons (Fsp3) is 0.579. The van der Waals surface area contributed by atoms with Crippen molar-refractivity contribution in [3.05, 3.63) is 29.3 Å². The van der Waals surface area contributed by atoms with Crippen LogP contribution in [-0.4, -0.2) is 60.7 Å². The van der Waals surface area contributed by atoms with Crippen molar-refractivity contribution in [2.24, 2.45) is 10.7 Å². The van der Waals surface area contributed by atoms with Crippen molar-refractivity contribution in [1.82, 2.24) is 9.80 Å². The van der Waals surface area contributed by atoms with Gasteiger partial charge in [0.1, 0.15) is 11.4 Å². The molecule has 0 aromatic heterocycles. The molecule has 0 aliphatic carbocycles. The van der Waals surface area contributed by atoms with Gasteiger partial charge in [-0.25, -0.2) is 9.79 Å². The van der Waals surface area contributed by atoms with Crippen LogP contribution in [0.1, 0.15) is 31.9 Å². The zero-order valence-corrected chi connectivity index (χ0v) is 16.4. The molecule has 7 nitrogen and oxygen atoms in total. The maximum absolute atomic E-state index is 12.1. The van der Waals surface area contributed by atoms with Crippen molar-refractivity contribution in [2.45, 2.75) is 39.8 Å². The molecule has 2 N–H and O–H groups in total. The number of carbonyl (C=O) groups is 1. The van der Waals surface area contributed by atoms with Crippen LogP contribution >= 0.6 is 0 Å². The van der Waals surface area contributed by atoms with E-state index in [1.165, 1.54) is 0 Å². The average Bonchev–Trinajstić information content (AvgIpc) is 2.57. The standard InChI is InChI=1S/C19H30N4O3/c1-14-10-15(12-16(11-14)25-5)13-21-17(20)22-6-8-23(9-7-22)18(24)26-19(2,3)4/h10-12H,6-9,13H2,1-5H3,(H2,20,21). The zero-order chi connectivity index (χ0) is 19.3. The molecule has 0 radical (unpaired) electrons. The first-order chi connectivity index (χ1) is 12.2. The Morgan fingerprint density at radius 1 is 1.15 bits per heavy atom. The minimum atomic E-state index is -0.483. The van der Waals surface area contributed by atoms with Crippen LogP contribution < -0.4 is 10.5 Å². The van der Waals surface area contributed by atoms with Gasteiger partial charge in [0, 0.05) is 26.2 Å². The number of methoxy groups -OCH3 is 1. The summed E-state index contributed by atoms with van der Waals surface area (Å²) < 4.78 is 10.7. The number of nitrogens with zero attached hydrogens (tertiary/aromatic N) is 3. The molecule has 0 unspecified atom stereocenters. The number of hydrogen-bond donors (Lipinski definition) is 1. The van der Waals surface area contributed by atoms with Crippen molar-refractivity contribution >= 4 is 12.1 Å². The van der Waals surface area contributed by atoms with Crippen molar-refractivity contribution in [3.8, 4) is 5.75 Å². The molecule has 26 heavy (non-hydrogen) atoms. The first-order valence-electron chi connectivity index (χ1n) is 8.85. The number of hydrogen-bond acceptors (Lipinski definition) is 4. The maximum atomic E-state index is 12.1. The maximum Gasteiger partial charge on any atom is 0.410 e. The molecular formula is C19H30N4O3. The summed E-state index contributed by atoms with van der Waals surface area (Å²) in [5.74, 6) is 1.31. The van der Waals surface area contributed by atoms with E-state index >= 15 is 0 Å². The van der Waals surface area contributed by atoms with Crippen molar-refractivity contribution in [3.63, 3.8) is 0 Å². The molecule has 0 bridgehead atoms. The molecule has 0 atom stereocenters. The molecule has 1 aliphatic rings. The number of carbonyl (C=O) groups excluding carboxylic acids is 1. The van der Waals surface area contributed by atoms with E-state index in [9.17, 15) is 4.79 Å². The smallest absolute Gasteiger partial charge is 0.410 e. The second-order valence-electron chi connectivity index (χ2n) is 7.49. The molecule has 1 aromatic carbocycles. The third kappa shape index (κ3) is 5.82. The largest absolute Gasteiger partial charge is 0.497 e. The van der Waals surface area contributed by atoms with E-state index in [-0.39, 0.29) is 6.09 Å². The van der Waals surface area contributed by atoms with Gasteiger partial charge in [-0.3, -0.25) is 0 Å². The second kappa shape index (κ2) is 8.29. The van der Waals surface area contributed by atoms with Crippen LogP contribution in [-0.2, 0) is 11.3 Å². The molecule has 0 spiro atoms.